The summed E-state index contributed by atoms with van der Waals surface area (Å²) in [6, 6.07) is 0. The molecule has 18 heavy (non-hydrogen) atoms. The number of carbonyl (C=O) groups excluding carboxylic acids is 1. The van der Waals surface area contributed by atoms with Crippen LogP contribution in [-0.4, -0.2) is 39.6 Å². The van der Waals surface area contributed by atoms with Gasteiger partial charge in [-0.3, -0.25) is 14.2 Å². The summed E-state index contributed by atoms with van der Waals surface area (Å²) in [7, 11) is 3.12. The monoisotopic (exact) mass is 251 g/mol. The van der Waals surface area contributed by atoms with Gasteiger partial charge in [-0.05, 0) is 12.3 Å². The largest absolute Gasteiger partial charge is 0.501 e. The first-order valence-electron chi connectivity index (χ1n) is 5.96. The topological polar surface area (TPSA) is 75.4 Å². The van der Waals surface area contributed by atoms with E-state index in [0.29, 0.717) is 24.7 Å². The highest BCUT2D eigenvalue weighted by Gasteiger charge is 2.25. The van der Waals surface area contributed by atoms with Crippen molar-refractivity contribution >= 4 is 5.91 Å². The molecule has 1 N–H and O–H groups in total. The van der Waals surface area contributed by atoms with Crippen molar-refractivity contribution in [3.05, 3.63) is 21.9 Å². The minimum Gasteiger partial charge on any atom is -0.501 e. The molecule has 2 rings (SSSR count). The smallest absolute Gasteiger partial charge is 0.296 e. The van der Waals surface area contributed by atoms with Crippen LogP contribution in [0.2, 0.25) is 0 Å². The number of rotatable bonds is 1. The third kappa shape index (κ3) is 1.98. The molecule has 1 aromatic rings. The Hall–Kier alpha value is -1.85. The summed E-state index contributed by atoms with van der Waals surface area (Å²) in [4.78, 5) is 29.3. The molecule has 0 aliphatic carbocycles. The zero-order valence-electron chi connectivity index (χ0n) is 10.8. The van der Waals surface area contributed by atoms with Crippen molar-refractivity contribution in [1.82, 2.24) is 14.5 Å². The Kier molecular flexibility index (Phi) is 3.11. The number of fused-ring (bicyclic) bond motifs is 1. The van der Waals surface area contributed by atoms with E-state index in [9.17, 15) is 14.7 Å². The van der Waals surface area contributed by atoms with Crippen LogP contribution in [0.5, 0.6) is 5.75 Å². The van der Waals surface area contributed by atoms with Gasteiger partial charge in [-0.1, -0.05) is 6.92 Å². The Balaban J connectivity index is 2.58. The summed E-state index contributed by atoms with van der Waals surface area (Å²) in [5, 5.41) is 9.80. The van der Waals surface area contributed by atoms with Crippen molar-refractivity contribution in [2.45, 2.75) is 26.3 Å². The summed E-state index contributed by atoms with van der Waals surface area (Å²) in [5.74, 6) is 0.0173. The van der Waals surface area contributed by atoms with Gasteiger partial charge in [0.2, 0.25) is 5.75 Å². The highest BCUT2D eigenvalue weighted by Crippen LogP contribution is 2.20. The maximum Gasteiger partial charge on any atom is 0.296 e. The molecular weight excluding hydrogens is 234 g/mol. The van der Waals surface area contributed by atoms with Gasteiger partial charge in [-0.25, -0.2) is 4.98 Å². The molecule has 0 spiro atoms. The minimum atomic E-state index is -0.549. The standard InChI is InChI=1S/C12H17N3O3/c1-7-4-5-15-8(6-7)13-9(10(16)12(15)18)11(17)14(2)3/h7,16H,4-6H2,1-3H3. The molecule has 0 fully saturated rings. The van der Waals surface area contributed by atoms with E-state index < -0.39 is 17.2 Å². The molecule has 6 heteroatoms. The Morgan fingerprint density at radius 2 is 2.17 bits per heavy atom. The van der Waals surface area contributed by atoms with Crippen molar-refractivity contribution in [3.63, 3.8) is 0 Å². The molecular formula is C12H17N3O3. The molecule has 0 radical (unpaired) electrons. The zero-order chi connectivity index (χ0) is 13.4. The van der Waals surface area contributed by atoms with Crippen molar-refractivity contribution in [1.29, 1.82) is 0 Å². The molecule has 6 nitrogen and oxygen atoms in total. The number of nitrogens with zero attached hydrogens (tertiary/aromatic N) is 3. The fraction of sp³-hybridized carbons (Fsp3) is 0.583. The first-order chi connectivity index (χ1) is 8.41. The average Bonchev–Trinajstić information content (AvgIpc) is 2.32. The van der Waals surface area contributed by atoms with Gasteiger partial charge in [0, 0.05) is 27.1 Å². The number of amides is 1. The van der Waals surface area contributed by atoms with E-state index in [1.165, 1.54) is 9.47 Å². The van der Waals surface area contributed by atoms with E-state index in [1.807, 2.05) is 0 Å². The lowest BCUT2D eigenvalue weighted by molar-refractivity contribution is 0.0817. The van der Waals surface area contributed by atoms with Crippen LogP contribution in [0, 0.1) is 5.92 Å². The van der Waals surface area contributed by atoms with Crippen LogP contribution in [0.3, 0.4) is 0 Å². The summed E-state index contributed by atoms with van der Waals surface area (Å²) in [6.07, 6.45) is 1.54. The molecule has 1 unspecified atom stereocenters. The molecule has 0 bridgehead atoms. The zero-order valence-corrected chi connectivity index (χ0v) is 10.8. The highest BCUT2D eigenvalue weighted by atomic mass is 16.3. The second-order valence-electron chi connectivity index (χ2n) is 4.98. The minimum absolute atomic E-state index is 0.148. The lowest BCUT2D eigenvalue weighted by Crippen LogP contribution is -2.34. The van der Waals surface area contributed by atoms with Crippen molar-refractivity contribution in [2.75, 3.05) is 14.1 Å². The normalized spacial score (nSPS) is 18.3. The third-order valence-corrected chi connectivity index (χ3v) is 3.21. The second-order valence-corrected chi connectivity index (χ2v) is 4.98. The molecule has 98 valence electrons. The molecule has 1 atom stereocenters. The average molecular weight is 251 g/mol. The Bertz CT molecular complexity index is 548. The van der Waals surface area contributed by atoms with Crippen molar-refractivity contribution < 1.29 is 9.90 Å². The summed E-state index contributed by atoms with van der Waals surface area (Å²) in [5.41, 5.74) is -0.664. The molecule has 2 heterocycles. The maximum atomic E-state index is 12.0. The van der Waals surface area contributed by atoms with Crippen LogP contribution < -0.4 is 5.56 Å². The van der Waals surface area contributed by atoms with Gasteiger partial charge >= 0.3 is 0 Å². The van der Waals surface area contributed by atoms with Gasteiger partial charge in [0.05, 0.1) is 0 Å². The first kappa shape index (κ1) is 12.6. The van der Waals surface area contributed by atoms with Crippen LogP contribution in [0.4, 0.5) is 0 Å². The first-order valence-corrected chi connectivity index (χ1v) is 5.96. The van der Waals surface area contributed by atoms with E-state index >= 15 is 0 Å². The lowest BCUT2D eigenvalue weighted by atomic mass is 10.00. The van der Waals surface area contributed by atoms with Gasteiger partial charge in [-0.2, -0.15) is 0 Å². The van der Waals surface area contributed by atoms with Gasteiger partial charge in [0.15, 0.2) is 5.69 Å². The van der Waals surface area contributed by atoms with E-state index in [4.69, 9.17) is 0 Å². The molecule has 1 amide bonds. The van der Waals surface area contributed by atoms with E-state index in [2.05, 4.69) is 11.9 Å². The fourth-order valence-electron chi connectivity index (χ4n) is 2.10. The molecule has 0 saturated carbocycles. The lowest BCUT2D eigenvalue weighted by Gasteiger charge is -2.23. The van der Waals surface area contributed by atoms with E-state index in [1.54, 1.807) is 14.1 Å². The van der Waals surface area contributed by atoms with Crippen LogP contribution >= 0.6 is 0 Å². The van der Waals surface area contributed by atoms with Crippen molar-refractivity contribution in [2.24, 2.45) is 5.92 Å². The molecule has 1 aliphatic heterocycles. The number of hydrogen-bond acceptors (Lipinski definition) is 4. The molecule has 1 aromatic heterocycles. The summed E-state index contributed by atoms with van der Waals surface area (Å²) in [6.45, 7) is 2.63. The fourth-order valence-corrected chi connectivity index (χ4v) is 2.10. The van der Waals surface area contributed by atoms with E-state index in [-0.39, 0.29) is 5.69 Å². The maximum absolute atomic E-state index is 12.0. The number of carbonyl (C=O) groups is 1. The van der Waals surface area contributed by atoms with Crippen LogP contribution in [0.25, 0.3) is 0 Å². The highest BCUT2D eigenvalue weighted by molar-refractivity contribution is 5.94. The van der Waals surface area contributed by atoms with Gasteiger partial charge in [-0.15, -0.1) is 0 Å². The second kappa shape index (κ2) is 4.44. The SMILES string of the molecule is CC1CCn2c(nc(C(=O)N(C)C)c(O)c2=O)C1. The van der Waals surface area contributed by atoms with Crippen LogP contribution in [0.15, 0.2) is 4.79 Å². The predicted octanol–water partition coefficient (Wildman–Crippen LogP) is 0.233. The molecule has 0 saturated heterocycles. The number of aromatic hydroxyl groups is 1. The Morgan fingerprint density at radius 1 is 1.50 bits per heavy atom. The number of hydrogen-bond donors (Lipinski definition) is 1. The predicted molar refractivity (Wildman–Crippen MR) is 65.7 cm³/mol. The molecule has 0 aromatic carbocycles. The van der Waals surface area contributed by atoms with Crippen LogP contribution in [-0.2, 0) is 13.0 Å². The Labute approximate surface area is 105 Å². The Morgan fingerprint density at radius 3 is 2.78 bits per heavy atom. The summed E-state index contributed by atoms with van der Waals surface area (Å²) >= 11 is 0. The summed E-state index contributed by atoms with van der Waals surface area (Å²) < 4.78 is 1.46. The van der Waals surface area contributed by atoms with Gasteiger partial charge < -0.3 is 10.0 Å². The quantitative estimate of drug-likeness (QED) is 0.775. The van der Waals surface area contributed by atoms with Crippen molar-refractivity contribution in [3.8, 4) is 5.75 Å². The van der Waals surface area contributed by atoms with Gasteiger partial charge in [0.25, 0.3) is 11.5 Å². The number of aromatic nitrogens is 2. The van der Waals surface area contributed by atoms with E-state index in [0.717, 1.165) is 6.42 Å². The van der Waals surface area contributed by atoms with Gasteiger partial charge in [0.1, 0.15) is 5.82 Å². The van der Waals surface area contributed by atoms with Crippen LogP contribution in [0.1, 0.15) is 29.7 Å². The molecule has 1 aliphatic rings. The third-order valence-electron chi connectivity index (χ3n) is 3.21.